The van der Waals surface area contributed by atoms with Gasteiger partial charge in [-0.05, 0) is 0 Å². The summed E-state index contributed by atoms with van der Waals surface area (Å²) in [7, 11) is 4.70. The van der Waals surface area contributed by atoms with Crippen molar-refractivity contribution < 1.29 is 14.3 Å². The molecule has 0 aliphatic carbocycles. The molecule has 0 atom stereocenters. The van der Waals surface area contributed by atoms with Crippen molar-refractivity contribution in [2.24, 2.45) is 0 Å². The number of hydrogen-bond acceptors (Lipinski definition) is 6. The fraction of sp³-hybridized carbons (Fsp3) is 0.214. The lowest BCUT2D eigenvalue weighted by Gasteiger charge is -2.13. The van der Waals surface area contributed by atoms with Crippen molar-refractivity contribution in [2.75, 3.05) is 37.2 Å². The van der Waals surface area contributed by atoms with Crippen molar-refractivity contribution in [2.45, 2.75) is 0 Å². The van der Waals surface area contributed by atoms with E-state index in [2.05, 4.69) is 25.9 Å². The first-order chi connectivity index (χ1) is 11.1. The van der Waals surface area contributed by atoms with Crippen molar-refractivity contribution >= 4 is 35.0 Å². The van der Waals surface area contributed by atoms with Crippen LogP contribution in [0, 0.1) is 0 Å². The molecule has 0 fully saturated rings. The third-order valence-electron chi connectivity index (χ3n) is 2.88. The fourth-order valence-electron chi connectivity index (χ4n) is 1.76. The molecule has 9 heteroatoms. The van der Waals surface area contributed by atoms with Crippen LogP contribution in [0.3, 0.4) is 0 Å². The van der Waals surface area contributed by atoms with Crippen LogP contribution in [0.2, 0.25) is 5.02 Å². The van der Waals surface area contributed by atoms with Gasteiger partial charge in [-0.1, -0.05) is 11.6 Å². The summed E-state index contributed by atoms with van der Waals surface area (Å²) in [5.74, 6) is 1.81. The van der Waals surface area contributed by atoms with Gasteiger partial charge in [-0.25, -0.2) is 14.8 Å². The van der Waals surface area contributed by atoms with Gasteiger partial charge in [0.15, 0.2) is 0 Å². The predicted octanol–water partition coefficient (Wildman–Crippen LogP) is 2.83. The van der Waals surface area contributed by atoms with Gasteiger partial charge in [0.1, 0.15) is 34.5 Å². The highest BCUT2D eigenvalue weighted by Crippen LogP contribution is 2.36. The highest BCUT2D eigenvalue weighted by atomic mass is 35.5. The van der Waals surface area contributed by atoms with Gasteiger partial charge in [0.05, 0.1) is 19.9 Å². The third-order valence-corrected chi connectivity index (χ3v) is 3.27. The summed E-state index contributed by atoms with van der Waals surface area (Å²) in [6.07, 6.45) is 1.34. The van der Waals surface area contributed by atoms with E-state index in [9.17, 15) is 4.79 Å². The molecule has 0 saturated carbocycles. The molecule has 0 spiro atoms. The Morgan fingerprint density at radius 1 is 1.09 bits per heavy atom. The highest BCUT2D eigenvalue weighted by molar-refractivity contribution is 6.35. The molecule has 0 saturated heterocycles. The lowest BCUT2D eigenvalue weighted by atomic mass is 10.2. The second kappa shape index (κ2) is 7.50. The van der Waals surface area contributed by atoms with Gasteiger partial charge in [-0.15, -0.1) is 0 Å². The third kappa shape index (κ3) is 4.13. The van der Waals surface area contributed by atoms with Gasteiger partial charge in [-0.2, -0.15) is 0 Å². The van der Waals surface area contributed by atoms with E-state index in [-0.39, 0.29) is 5.02 Å². The Bertz CT molecular complexity index is 711. The zero-order chi connectivity index (χ0) is 16.8. The minimum Gasteiger partial charge on any atom is -0.497 e. The van der Waals surface area contributed by atoms with Crippen molar-refractivity contribution in [3.05, 3.63) is 29.5 Å². The number of carbonyl (C=O) groups is 1. The highest BCUT2D eigenvalue weighted by Gasteiger charge is 2.13. The maximum Gasteiger partial charge on any atom is 0.324 e. The molecule has 0 aliphatic rings. The Kier molecular flexibility index (Phi) is 5.42. The summed E-state index contributed by atoms with van der Waals surface area (Å²) in [5, 5.41) is 8.33. The zero-order valence-electron chi connectivity index (χ0n) is 12.8. The average molecular weight is 338 g/mol. The molecule has 1 aromatic carbocycles. The van der Waals surface area contributed by atoms with Gasteiger partial charge in [0.2, 0.25) is 0 Å². The van der Waals surface area contributed by atoms with E-state index in [1.807, 2.05) is 0 Å². The van der Waals surface area contributed by atoms with Crippen LogP contribution in [-0.4, -0.2) is 37.3 Å². The van der Waals surface area contributed by atoms with E-state index in [4.69, 9.17) is 21.1 Å². The van der Waals surface area contributed by atoms with Gasteiger partial charge in [0.25, 0.3) is 0 Å². The van der Waals surface area contributed by atoms with Crippen LogP contribution in [0.5, 0.6) is 11.5 Å². The fourth-order valence-corrected chi connectivity index (χ4v) is 2.00. The Balaban J connectivity index is 2.16. The molecular formula is C14H16ClN5O3. The maximum absolute atomic E-state index is 12.1. The lowest BCUT2D eigenvalue weighted by Crippen LogP contribution is -2.20. The quantitative estimate of drug-likeness (QED) is 0.776. The van der Waals surface area contributed by atoms with Crippen LogP contribution in [0.25, 0.3) is 0 Å². The number of nitrogens with one attached hydrogen (secondary N) is 3. The number of hydrogen-bond donors (Lipinski definition) is 3. The number of carbonyl (C=O) groups excluding carboxylic acids is 1. The molecular weight excluding hydrogens is 322 g/mol. The normalized spacial score (nSPS) is 9.91. The van der Waals surface area contributed by atoms with Gasteiger partial charge in [-0.3, -0.25) is 5.32 Å². The summed E-state index contributed by atoms with van der Waals surface area (Å²) >= 11 is 6.17. The minimum absolute atomic E-state index is 0.266. The maximum atomic E-state index is 12.1. The van der Waals surface area contributed by atoms with Gasteiger partial charge in [0, 0.05) is 25.2 Å². The van der Waals surface area contributed by atoms with Crippen LogP contribution in [0.4, 0.5) is 22.1 Å². The number of halogens is 1. The number of urea groups is 1. The molecule has 2 amide bonds. The van der Waals surface area contributed by atoms with Crippen LogP contribution >= 0.6 is 11.6 Å². The number of anilines is 3. The van der Waals surface area contributed by atoms with Crippen molar-refractivity contribution in [3.63, 3.8) is 0 Å². The van der Waals surface area contributed by atoms with Crippen molar-refractivity contribution in [1.29, 1.82) is 0 Å². The van der Waals surface area contributed by atoms with Crippen molar-refractivity contribution in [3.8, 4) is 11.5 Å². The summed E-state index contributed by atoms with van der Waals surface area (Å²) in [6, 6.07) is 4.29. The van der Waals surface area contributed by atoms with Crippen LogP contribution < -0.4 is 25.4 Å². The molecule has 0 aliphatic heterocycles. The predicted molar refractivity (Wildman–Crippen MR) is 88.8 cm³/mol. The molecule has 1 heterocycles. The molecule has 0 radical (unpaired) electrons. The van der Waals surface area contributed by atoms with Crippen LogP contribution in [-0.2, 0) is 0 Å². The first-order valence-corrected chi connectivity index (χ1v) is 6.94. The Hall–Kier alpha value is -2.74. The summed E-state index contributed by atoms with van der Waals surface area (Å²) < 4.78 is 10.3. The van der Waals surface area contributed by atoms with Gasteiger partial charge >= 0.3 is 6.03 Å². The summed E-state index contributed by atoms with van der Waals surface area (Å²) in [6.45, 7) is 0. The van der Waals surface area contributed by atoms with Gasteiger partial charge < -0.3 is 20.1 Å². The van der Waals surface area contributed by atoms with E-state index in [0.29, 0.717) is 28.8 Å². The van der Waals surface area contributed by atoms with E-state index in [1.165, 1.54) is 20.5 Å². The monoisotopic (exact) mass is 337 g/mol. The van der Waals surface area contributed by atoms with Crippen LogP contribution in [0.1, 0.15) is 0 Å². The lowest BCUT2D eigenvalue weighted by molar-refractivity contribution is 0.262. The smallest absolute Gasteiger partial charge is 0.324 e. The number of amides is 2. The molecule has 0 bridgehead atoms. The molecule has 8 nitrogen and oxygen atoms in total. The first-order valence-electron chi connectivity index (χ1n) is 6.56. The Morgan fingerprint density at radius 2 is 1.83 bits per heavy atom. The zero-order valence-corrected chi connectivity index (χ0v) is 13.6. The molecule has 3 N–H and O–H groups in total. The second-order valence-corrected chi connectivity index (χ2v) is 4.69. The minimum atomic E-state index is -0.511. The second-order valence-electron chi connectivity index (χ2n) is 4.31. The largest absolute Gasteiger partial charge is 0.497 e. The SMILES string of the molecule is CNc1cc(NC(=O)Nc2cc(OC)cc(OC)c2Cl)ncn1. The number of rotatable bonds is 5. The van der Waals surface area contributed by atoms with Crippen molar-refractivity contribution in [1.82, 2.24) is 9.97 Å². The number of nitrogens with zero attached hydrogens (tertiary/aromatic N) is 2. The average Bonchev–Trinajstić information content (AvgIpc) is 2.56. The summed E-state index contributed by atoms with van der Waals surface area (Å²) in [5.41, 5.74) is 0.350. The number of benzene rings is 1. The molecule has 122 valence electrons. The molecule has 2 aromatic rings. The van der Waals surface area contributed by atoms with E-state index in [0.717, 1.165) is 0 Å². The number of ether oxygens (including phenoxy) is 2. The standard InChI is InChI=1S/C14H16ClN5O3/c1-16-11-6-12(18-7-17-11)20-14(21)19-9-4-8(22-2)5-10(23-3)13(9)15/h4-7H,1-3H3,(H3,16,17,18,19,20,21). The van der Waals surface area contributed by atoms with E-state index >= 15 is 0 Å². The number of methoxy groups -OCH3 is 2. The van der Waals surface area contributed by atoms with E-state index < -0.39 is 6.03 Å². The topological polar surface area (TPSA) is 97.4 Å². The first kappa shape index (κ1) is 16.6. The molecule has 0 unspecified atom stereocenters. The Labute approximate surface area is 138 Å². The molecule has 1 aromatic heterocycles. The molecule has 2 rings (SSSR count). The Morgan fingerprint density at radius 3 is 2.48 bits per heavy atom. The van der Waals surface area contributed by atoms with E-state index in [1.54, 1.807) is 25.2 Å². The molecule has 23 heavy (non-hydrogen) atoms. The van der Waals surface area contributed by atoms with Crippen LogP contribution in [0.15, 0.2) is 24.5 Å². The number of aromatic nitrogens is 2. The summed E-state index contributed by atoms with van der Waals surface area (Å²) in [4.78, 5) is 20.0.